The highest BCUT2D eigenvalue weighted by atomic mass is 19.1. The molecule has 0 fully saturated rings. The zero-order valence-corrected chi connectivity index (χ0v) is 21.5. The van der Waals surface area contributed by atoms with Crippen LogP contribution in [-0.2, 0) is 29.2 Å². The number of alkyl halides is 1. The summed E-state index contributed by atoms with van der Waals surface area (Å²) in [6, 6.07) is 7.37. The van der Waals surface area contributed by atoms with E-state index >= 15 is 0 Å². The highest BCUT2D eigenvalue weighted by molar-refractivity contribution is 5.92. The molecule has 0 bridgehead atoms. The summed E-state index contributed by atoms with van der Waals surface area (Å²) in [6.45, 7) is 6.05. The first-order valence-corrected chi connectivity index (χ1v) is 11.7. The Labute approximate surface area is 215 Å². The third kappa shape index (κ3) is 11.0. The second kappa shape index (κ2) is 13.8. The Morgan fingerprint density at radius 2 is 1.86 bits per heavy atom. The van der Waals surface area contributed by atoms with Crippen molar-refractivity contribution in [3.63, 3.8) is 0 Å². The van der Waals surface area contributed by atoms with Gasteiger partial charge in [-0.1, -0.05) is 29.5 Å². The van der Waals surface area contributed by atoms with E-state index < -0.39 is 29.7 Å². The van der Waals surface area contributed by atoms with E-state index in [2.05, 4.69) is 31.6 Å². The Balaban J connectivity index is 1.77. The number of nitrogens with one attached hydrogen (secondary N) is 4. The number of alkyl carbamates (subject to hydrolysis) is 1. The predicted molar refractivity (Wildman–Crippen MR) is 135 cm³/mol. The van der Waals surface area contributed by atoms with Crippen molar-refractivity contribution in [2.75, 3.05) is 13.6 Å². The number of amides is 3. The van der Waals surface area contributed by atoms with Crippen LogP contribution >= 0.6 is 0 Å². The maximum Gasteiger partial charge on any atom is 0.407 e. The first-order chi connectivity index (χ1) is 17.5. The van der Waals surface area contributed by atoms with E-state index in [-0.39, 0.29) is 44.0 Å². The molecule has 0 aliphatic rings. The van der Waals surface area contributed by atoms with Crippen molar-refractivity contribution in [1.29, 1.82) is 0 Å². The minimum absolute atomic E-state index is 0.00553. The van der Waals surface area contributed by atoms with Gasteiger partial charge in [0.2, 0.25) is 0 Å². The van der Waals surface area contributed by atoms with Crippen LogP contribution in [0, 0.1) is 0 Å². The summed E-state index contributed by atoms with van der Waals surface area (Å²) >= 11 is 0. The number of carbonyl (C=O) groups is 3. The maximum atomic E-state index is 14.3. The smallest absolute Gasteiger partial charge is 0.407 e. The Morgan fingerprint density at radius 3 is 2.51 bits per heavy atom. The number of likely N-dealkylation sites (N-methyl/N-ethyl adjacent to an activating group) is 1. The van der Waals surface area contributed by atoms with Crippen molar-refractivity contribution < 1.29 is 23.5 Å². The highest BCUT2D eigenvalue weighted by Crippen LogP contribution is 2.09. The molecule has 0 radical (unpaired) electrons. The Morgan fingerprint density at radius 1 is 1.19 bits per heavy atom. The second-order valence-electron chi connectivity index (χ2n) is 9.20. The van der Waals surface area contributed by atoms with Crippen molar-refractivity contribution >= 4 is 17.9 Å². The monoisotopic (exact) mass is 518 g/mol. The zero-order valence-electron chi connectivity index (χ0n) is 21.5. The van der Waals surface area contributed by atoms with Crippen LogP contribution in [0.5, 0.6) is 0 Å². The molecule has 0 spiro atoms. The fourth-order valence-corrected chi connectivity index (χ4v) is 3.03. The summed E-state index contributed by atoms with van der Waals surface area (Å²) in [5, 5.41) is 18.2. The van der Waals surface area contributed by atoms with E-state index in [1.807, 2.05) is 24.3 Å². The van der Waals surface area contributed by atoms with Gasteiger partial charge in [0, 0.05) is 32.9 Å². The lowest BCUT2D eigenvalue weighted by Gasteiger charge is -2.19. The van der Waals surface area contributed by atoms with E-state index in [0.717, 1.165) is 11.1 Å². The largest absolute Gasteiger partial charge is 0.444 e. The van der Waals surface area contributed by atoms with Crippen LogP contribution in [0.2, 0.25) is 0 Å². The molecule has 0 aliphatic heterocycles. The van der Waals surface area contributed by atoms with E-state index in [4.69, 9.17) is 10.5 Å². The Bertz CT molecular complexity index is 1100. The second-order valence-corrected chi connectivity index (χ2v) is 9.20. The fraction of sp³-hybridized carbons (Fsp3) is 0.458. The third-order valence-electron chi connectivity index (χ3n) is 4.79. The standard InChI is InChI=1S/C24H35FN8O4/c1-24(2,3)37-23(36)30-12-17-7-5-6-16(10-17)11-29-22(35)20-15-33(32-31-20)14-18(25)8-9-28-13-19(26)21(34)27-4/h5-7,10,13,15,18,28H,8-9,11-12,14,26H2,1-4H3,(H,27,34)(H,29,35)(H,30,36)/b19-13-. The minimum atomic E-state index is -1.25. The summed E-state index contributed by atoms with van der Waals surface area (Å²) in [5.74, 6) is -0.879. The van der Waals surface area contributed by atoms with Gasteiger partial charge in [-0.2, -0.15) is 0 Å². The lowest BCUT2D eigenvalue weighted by Crippen LogP contribution is -2.32. The van der Waals surface area contributed by atoms with Crippen LogP contribution in [-0.4, -0.2) is 58.3 Å². The van der Waals surface area contributed by atoms with Crippen LogP contribution in [0.25, 0.3) is 0 Å². The number of ether oxygens (including phenoxy) is 1. The average Bonchev–Trinajstić information content (AvgIpc) is 3.31. The van der Waals surface area contributed by atoms with Crippen LogP contribution in [0.4, 0.5) is 9.18 Å². The minimum Gasteiger partial charge on any atom is -0.444 e. The van der Waals surface area contributed by atoms with Gasteiger partial charge < -0.3 is 31.7 Å². The van der Waals surface area contributed by atoms with Crippen LogP contribution in [0.1, 0.15) is 48.8 Å². The number of aromatic nitrogens is 3. The number of nitrogens with zero attached hydrogens (tertiary/aromatic N) is 3. The number of rotatable bonds is 12. The zero-order chi connectivity index (χ0) is 27.4. The van der Waals surface area contributed by atoms with Gasteiger partial charge in [-0.25, -0.2) is 13.9 Å². The molecule has 0 saturated carbocycles. The first-order valence-electron chi connectivity index (χ1n) is 11.7. The number of nitrogens with two attached hydrogens (primary N) is 1. The predicted octanol–water partition coefficient (Wildman–Crippen LogP) is 1.10. The summed E-state index contributed by atoms with van der Waals surface area (Å²) in [6.07, 6.45) is 1.06. The molecule has 1 unspecified atom stereocenters. The number of carbonyl (C=O) groups excluding carboxylic acids is 3. The third-order valence-corrected chi connectivity index (χ3v) is 4.79. The molecule has 1 aromatic heterocycles. The summed E-state index contributed by atoms with van der Waals surface area (Å²) in [5.41, 5.74) is 6.67. The number of benzene rings is 1. The molecule has 3 amide bonds. The summed E-state index contributed by atoms with van der Waals surface area (Å²) in [4.78, 5) is 35.6. The molecular weight excluding hydrogens is 483 g/mol. The van der Waals surface area contributed by atoms with E-state index in [1.165, 1.54) is 24.1 Å². The molecule has 37 heavy (non-hydrogen) atoms. The van der Waals surface area contributed by atoms with Crippen molar-refractivity contribution in [1.82, 2.24) is 36.3 Å². The molecule has 0 saturated heterocycles. The molecule has 1 atom stereocenters. The molecule has 1 aromatic carbocycles. The van der Waals surface area contributed by atoms with Crippen LogP contribution < -0.4 is 27.0 Å². The topological polar surface area (TPSA) is 165 Å². The van der Waals surface area contributed by atoms with Gasteiger partial charge in [0.1, 0.15) is 17.5 Å². The normalized spacial score (nSPS) is 12.4. The van der Waals surface area contributed by atoms with Crippen LogP contribution in [0.3, 0.4) is 0 Å². The lowest BCUT2D eigenvalue weighted by molar-refractivity contribution is -0.117. The molecular formula is C24H35FN8O4. The molecule has 202 valence electrons. The van der Waals surface area contributed by atoms with E-state index in [9.17, 15) is 18.8 Å². The van der Waals surface area contributed by atoms with Gasteiger partial charge in [0.15, 0.2) is 5.69 Å². The lowest BCUT2D eigenvalue weighted by atomic mass is 10.1. The molecule has 12 nitrogen and oxygen atoms in total. The fourth-order valence-electron chi connectivity index (χ4n) is 3.03. The van der Waals surface area contributed by atoms with Gasteiger partial charge in [-0.05, 0) is 38.3 Å². The van der Waals surface area contributed by atoms with Gasteiger partial charge in [-0.15, -0.1) is 5.10 Å². The van der Waals surface area contributed by atoms with E-state index in [0.29, 0.717) is 0 Å². The molecule has 0 aliphatic carbocycles. The number of halogens is 1. The van der Waals surface area contributed by atoms with E-state index in [1.54, 1.807) is 20.8 Å². The summed E-state index contributed by atoms with van der Waals surface area (Å²) < 4.78 is 20.7. The highest BCUT2D eigenvalue weighted by Gasteiger charge is 2.16. The maximum absolute atomic E-state index is 14.3. The van der Waals surface area contributed by atoms with Gasteiger partial charge in [-0.3, -0.25) is 9.59 Å². The molecule has 13 heteroatoms. The van der Waals surface area contributed by atoms with Gasteiger partial charge in [0.25, 0.3) is 11.8 Å². The molecule has 2 rings (SSSR count). The van der Waals surface area contributed by atoms with Gasteiger partial charge >= 0.3 is 6.09 Å². The van der Waals surface area contributed by atoms with Crippen molar-refractivity contribution in [2.45, 2.75) is 58.6 Å². The molecule has 2 aromatic rings. The Kier molecular flexibility index (Phi) is 10.8. The first kappa shape index (κ1) is 29.1. The molecule has 6 N–H and O–H groups in total. The van der Waals surface area contributed by atoms with Gasteiger partial charge in [0.05, 0.1) is 12.7 Å². The average molecular weight is 519 g/mol. The Hall–Kier alpha value is -4.16. The number of hydrogen-bond acceptors (Lipinski definition) is 8. The molecule has 1 heterocycles. The van der Waals surface area contributed by atoms with Crippen molar-refractivity contribution in [3.05, 3.63) is 59.2 Å². The SMILES string of the molecule is CNC(=O)/C(N)=C/NCCC(F)Cn1cc(C(=O)NCc2cccc(CNC(=O)OC(C)(C)C)c2)nn1. The number of hydrogen-bond donors (Lipinski definition) is 5. The van der Waals surface area contributed by atoms with Crippen LogP contribution in [0.15, 0.2) is 42.4 Å². The summed E-state index contributed by atoms with van der Waals surface area (Å²) in [7, 11) is 1.46. The van der Waals surface area contributed by atoms with Crippen molar-refractivity contribution in [2.24, 2.45) is 5.73 Å². The quantitative estimate of drug-likeness (QED) is 0.206. The van der Waals surface area contributed by atoms with Crippen molar-refractivity contribution in [3.8, 4) is 0 Å².